The number of aromatic amines is 1. The van der Waals surface area contributed by atoms with Crippen LogP contribution in [0.1, 0.15) is 5.69 Å². The maximum atomic E-state index is 9.19. The Bertz CT molecular complexity index is 704. The molecule has 3 rings (SSSR count). The van der Waals surface area contributed by atoms with Gasteiger partial charge in [0.2, 0.25) is 0 Å². The lowest BCUT2D eigenvalue weighted by atomic mass is 10.2. The Hall–Kier alpha value is -2.13. The van der Waals surface area contributed by atoms with Gasteiger partial charge < -0.3 is 14.8 Å². The van der Waals surface area contributed by atoms with Gasteiger partial charge in [-0.15, -0.1) is 0 Å². The smallest absolute Gasteiger partial charge is 0.128 e. The number of aromatic nitrogens is 1. The largest absolute Gasteiger partial charge is 0.508 e. The molecule has 0 aliphatic heterocycles. The Balaban J connectivity index is 1.76. The first-order valence-electron chi connectivity index (χ1n) is 5.90. The van der Waals surface area contributed by atoms with E-state index >= 15 is 0 Å². The van der Waals surface area contributed by atoms with Gasteiger partial charge in [-0.3, -0.25) is 0 Å². The molecule has 4 heteroatoms. The molecule has 1 heterocycles. The van der Waals surface area contributed by atoms with E-state index in [2.05, 4.69) is 4.98 Å². The Morgan fingerprint density at radius 3 is 2.63 bits per heavy atom. The molecular formula is C15H12ClNO2. The zero-order valence-corrected chi connectivity index (χ0v) is 10.8. The van der Waals surface area contributed by atoms with Gasteiger partial charge in [-0.1, -0.05) is 11.6 Å². The summed E-state index contributed by atoms with van der Waals surface area (Å²) in [7, 11) is 0. The van der Waals surface area contributed by atoms with Gasteiger partial charge >= 0.3 is 0 Å². The highest BCUT2D eigenvalue weighted by Gasteiger charge is 2.02. The Morgan fingerprint density at radius 2 is 1.84 bits per heavy atom. The van der Waals surface area contributed by atoms with E-state index in [1.807, 2.05) is 24.3 Å². The lowest BCUT2D eigenvalue weighted by Gasteiger charge is -2.04. The highest BCUT2D eigenvalue weighted by Crippen LogP contribution is 2.21. The molecule has 96 valence electrons. The zero-order valence-electron chi connectivity index (χ0n) is 10.1. The molecule has 0 radical (unpaired) electrons. The molecule has 0 saturated carbocycles. The van der Waals surface area contributed by atoms with Gasteiger partial charge in [-0.05, 0) is 48.5 Å². The number of rotatable bonds is 3. The van der Waals surface area contributed by atoms with Crippen molar-refractivity contribution in [2.45, 2.75) is 6.61 Å². The number of halogens is 1. The van der Waals surface area contributed by atoms with Gasteiger partial charge in [-0.25, -0.2) is 0 Å². The molecule has 0 bridgehead atoms. The molecule has 1 aromatic heterocycles. The van der Waals surface area contributed by atoms with Gasteiger partial charge in [-0.2, -0.15) is 0 Å². The average molecular weight is 274 g/mol. The van der Waals surface area contributed by atoms with E-state index in [4.69, 9.17) is 16.3 Å². The lowest BCUT2D eigenvalue weighted by Crippen LogP contribution is -1.94. The molecular weight excluding hydrogens is 262 g/mol. The van der Waals surface area contributed by atoms with Crippen LogP contribution in [0.25, 0.3) is 10.9 Å². The van der Waals surface area contributed by atoms with Crippen molar-refractivity contribution in [1.82, 2.24) is 4.98 Å². The molecule has 2 aromatic carbocycles. The molecule has 2 N–H and O–H groups in total. The van der Waals surface area contributed by atoms with Crippen molar-refractivity contribution in [3.8, 4) is 11.5 Å². The van der Waals surface area contributed by atoms with Crippen molar-refractivity contribution in [1.29, 1.82) is 0 Å². The minimum absolute atomic E-state index is 0.229. The number of fused-ring (bicyclic) bond motifs is 1. The van der Waals surface area contributed by atoms with Crippen molar-refractivity contribution in [3.05, 3.63) is 59.2 Å². The third-order valence-electron chi connectivity index (χ3n) is 2.87. The summed E-state index contributed by atoms with van der Waals surface area (Å²) < 4.78 is 5.63. The fourth-order valence-corrected chi connectivity index (χ4v) is 2.13. The van der Waals surface area contributed by atoms with Crippen molar-refractivity contribution in [2.75, 3.05) is 0 Å². The minimum atomic E-state index is 0.229. The third kappa shape index (κ3) is 2.66. The van der Waals surface area contributed by atoms with Crippen LogP contribution in [0.4, 0.5) is 0 Å². The average Bonchev–Trinajstić information content (AvgIpc) is 2.80. The van der Waals surface area contributed by atoms with Crippen LogP contribution in [0.5, 0.6) is 11.5 Å². The summed E-state index contributed by atoms with van der Waals surface area (Å²) in [5.74, 6) is 0.946. The van der Waals surface area contributed by atoms with E-state index < -0.39 is 0 Å². The Morgan fingerprint density at radius 1 is 1.05 bits per heavy atom. The van der Waals surface area contributed by atoms with Gasteiger partial charge in [0.15, 0.2) is 0 Å². The molecule has 3 nitrogen and oxygen atoms in total. The standard InChI is InChI=1S/C15H12ClNO2/c16-11-1-6-15-10(7-11)8-12(17-15)9-19-14-4-2-13(18)3-5-14/h1-8,17-18H,9H2. The van der Waals surface area contributed by atoms with Crippen LogP contribution in [-0.4, -0.2) is 10.1 Å². The van der Waals surface area contributed by atoms with Crippen LogP contribution < -0.4 is 4.74 Å². The molecule has 0 aliphatic carbocycles. The summed E-state index contributed by atoms with van der Waals surface area (Å²) in [4.78, 5) is 3.27. The van der Waals surface area contributed by atoms with E-state index in [9.17, 15) is 5.11 Å². The topological polar surface area (TPSA) is 45.2 Å². The number of phenols is 1. The number of nitrogens with one attached hydrogen (secondary N) is 1. The number of aromatic hydroxyl groups is 1. The fraction of sp³-hybridized carbons (Fsp3) is 0.0667. The number of H-pyrrole nitrogens is 1. The molecule has 0 atom stereocenters. The van der Waals surface area contributed by atoms with E-state index in [1.165, 1.54) is 0 Å². The normalized spacial score (nSPS) is 10.8. The summed E-state index contributed by atoms with van der Waals surface area (Å²) >= 11 is 5.95. The Labute approximate surface area is 115 Å². The van der Waals surface area contributed by atoms with Crippen LogP contribution >= 0.6 is 11.6 Å². The van der Waals surface area contributed by atoms with Gasteiger partial charge in [0, 0.05) is 15.9 Å². The first kappa shape index (κ1) is 11.9. The van der Waals surface area contributed by atoms with Crippen molar-refractivity contribution >= 4 is 22.5 Å². The highest BCUT2D eigenvalue weighted by molar-refractivity contribution is 6.31. The van der Waals surface area contributed by atoms with E-state index in [1.54, 1.807) is 24.3 Å². The van der Waals surface area contributed by atoms with E-state index in [0.717, 1.165) is 27.4 Å². The highest BCUT2D eigenvalue weighted by atomic mass is 35.5. The maximum Gasteiger partial charge on any atom is 0.128 e. The van der Waals surface area contributed by atoms with Crippen LogP contribution in [0, 0.1) is 0 Å². The van der Waals surface area contributed by atoms with Crippen LogP contribution in [-0.2, 0) is 6.61 Å². The first-order valence-corrected chi connectivity index (χ1v) is 6.27. The predicted octanol–water partition coefficient (Wildman–Crippen LogP) is 4.11. The molecule has 19 heavy (non-hydrogen) atoms. The predicted molar refractivity (Wildman–Crippen MR) is 75.7 cm³/mol. The maximum absolute atomic E-state index is 9.19. The summed E-state index contributed by atoms with van der Waals surface area (Å²) in [5.41, 5.74) is 2.01. The second-order valence-corrected chi connectivity index (χ2v) is 4.75. The third-order valence-corrected chi connectivity index (χ3v) is 3.10. The van der Waals surface area contributed by atoms with Gasteiger partial charge in [0.05, 0.1) is 5.69 Å². The monoisotopic (exact) mass is 273 g/mol. The minimum Gasteiger partial charge on any atom is -0.508 e. The molecule has 0 aliphatic rings. The van der Waals surface area contributed by atoms with E-state index in [0.29, 0.717) is 6.61 Å². The summed E-state index contributed by atoms with van der Waals surface area (Å²) in [5, 5.41) is 11.0. The van der Waals surface area contributed by atoms with Crippen LogP contribution in [0.3, 0.4) is 0 Å². The quantitative estimate of drug-likeness (QED) is 0.754. The number of phenolic OH excluding ortho intramolecular Hbond substituents is 1. The number of hydrogen-bond acceptors (Lipinski definition) is 2. The fourth-order valence-electron chi connectivity index (χ4n) is 1.94. The summed E-state index contributed by atoms with van der Waals surface area (Å²) in [6, 6.07) is 14.4. The van der Waals surface area contributed by atoms with E-state index in [-0.39, 0.29) is 5.75 Å². The summed E-state index contributed by atoms with van der Waals surface area (Å²) in [6.45, 7) is 0.442. The van der Waals surface area contributed by atoms with Gasteiger partial charge in [0.25, 0.3) is 0 Å². The molecule has 0 spiro atoms. The van der Waals surface area contributed by atoms with Crippen molar-refractivity contribution in [3.63, 3.8) is 0 Å². The van der Waals surface area contributed by atoms with Crippen molar-refractivity contribution in [2.24, 2.45) is 0 Å². The number of ether oxygens (including phenoxy) is 1. The number of benzene rings is 2. The second kappa shape index (κ2) is 4.86. The van der Waals surface area contributed by atoms with Crippen LogP contribution in [0.15, 0.2) is 48.5 Å². The van der Waals surface area contributed by atoms with Crippen LogP contribution in [0.2, 0.25) is 5.02 Å². The second-order valence-electron chi connectivity index (χ2n) is 4.31. The molecule has 0 saturated heterocycles. The number of hydrogen-bond donors (Lipinski definition) is 2. The summed E-state index contributed by atoms with van der Waals surface area (Å²) in [6.07, 6.45) is 0. The molecule has 0 unspecified atom stereocenters. The van der Waals surface area contributed by atoms with Gasteiger partial charge in [0.1, 0.15) is 18.1 Å². The molecule has 0 fully saturated rings. The van der Waals surface area contributed by atoms with Crippen molar-refractivity contribution < 1.29 is 9.84 Å². The SMILES string of the molecule is Oc1ccc(OCc2cc3cc(Cl)ccc3[nH]2)cc1. The Kier molecular flexibility index (Phi) is 3.05. The molecule has 3 aromatic rings. The first-order chi connectivity index (χ1) is 9.20. The molecule has 0 amide bonds. The lowest BCUT2D eigenvalue weighted by molar-refractivity contribution is 0.302. The zero-order chi connectivity index (χ0) is 13.2.